The number of aryl methyl sites for hydroxylation is 1. The van der Waals surface area contributed by atoms with Gasteiger partial charge in [-0.25, -0.2) is 0 Å². The number of methoxy groups -OCH3 is 2. The molecule has 30 heavy (non-hydrogen) atoms. The average molecular weight is 535 g/mol. The summed E-state index contributed by atoms with van der Waals surface area (Å²) >= 11 is 0. The van der Waals surface area contributed by atoms with Crippen molar-refractivity contribution < 1.29 is 23.0 Å². The molecule has 0 saturated carbocycles. The van der Waals surface area contributed by atoms with Crippen molar-refractivity contribution in [2.75, 3.05) is 27.8 Å². The van der Waals surface area contributed by atoms with E-state index in [2.05, 4.69) is 26.4 Å². The highest BCUT2D eigenvalue weighted by atomic mass is 127. The zero-order valence-electron chi connectivity index (χ0n) is 17.5. The van der Waals surface area contributed by atoms with Crippen molar-refractivity contribution in [3.05, 3.63) is 53.1 Å². The summed E-state index contributed by atoms with van der Waals surface area (Å²) in [5.41, 5.74) is 2.82. The second kappa shape index (κ2) is 13.1. The molecule has 2 N–H and O–H groups in total. The van der Waals surface area contributed by atoms with E-state index in [0.29, 0.717) is 23.8 Å². The number of nitrogens with one attached hydrogen (secondary N) is 2. The van der Waals surface area contributed by atoms with Crippen molar-refractivity contribution in [1.29, 1.82) is 0 Å². The lowest BCUT2D eigenvalue weighted by atomic mass is 10.1. The lowest BCUT2D eigenvalue weighted by molar-refractivity contribution is -0.0505. The molecular weight excluding hydrogens is 507 g/mol. The number of benzene rings is 2. The molecule has 0 heterocycles. The van der Waals surface area contributed by atoms with Gasteiger partial charge in [-0.1, -0.05) is 17.7 Å². The molecule has 0 aliphatic heterocycles. The molecule has 0 unspecified atom stereocenters. The Hall–Kier alpha value is -2.30. The van der Waals surface area contributed by atoms with Crippen LogP contribution in [0.3, 0.4) is 0 Å². The second-order valence-corrected chi connectivity index (χ2v) is 6.27. The Kier molecular flexibility index (Phi) is 11.2. The lowest BCUT2D eigenvalue weighted by Gasteiger charge is -2.16. The van der Waals surface area contributed by atoms with Gasteiger partial charge in [-0.15, -0.1) is 24.0 Å². The first-order valence-electron chi connectivity index (χ1n) is 9.16. The van der Waals surface area contributed by atoms with Crippen molar-refractivity contribution in [2.24, 2.45) is 4.99 Å². The van der Waals surface area contributed by atoms with Gasteiger partial charge in [0.1, 0.15) is 17.2 Å². The fourth-order valence-electron chi connectivity index (χ4n) is 2.83. The number of hydrogen-bond acceptors (Lipinski definition) is 4. The molecular formula is C21H28F2IN3O3. The first-order valence-corrected chi connectivity index (χ1v) is 9.16. The number of hydrogen-bond donors (Lipinski definition) is 2. The Morgan fingerprint density at radius 1 is 1.00 bits per heavy atom. The van der Waals surface area contributed by atoms with Crippen LogP contribution in [0.4, 0.5) is 8.78 Å². The van der Waals surface area contributed by atoms with E-state index < -0.39 is 6.61 Å². The summed E-state index contributed by atoms with van der Waals surface area (Å²) in [4.78, 5) is 4.17. The Bertz CT molecular complexity index is 835. The van der Waals surface area contributed by atoms with E-state index in [1.54, 1.807) is 26.3 Å². The number of alkyl halides is 2. The molecule has 2 aromatic rings. The molecule has 0 fully saturated rings. The Labute approximate surface area is 193 Å². The minimum absolute atomic E-state index is 0. The third kappa shape index (κ3) is 7.85. The van der Waals surface area contributed by atoms with Crippen molar-refractivity contribution in [2.45, 2.75) is 26.5 Å². The maximum Gasteiger partial charge on any atom is 0.387 e. The van der Waals surface area contributed by atoms with Crippen LogP contribution in [0, 0.1) is 6.92 Å². The molecule has 2 rings (SSSR count). The predicted octanol–water partition coefficient (Wildman–Crippen LogP) is 4.14. The molecule has 0 saturated heterocycles. The molecule has 0 spiro atoms. The molecule has 6 nitrogen and oxygen atoms in total. The minimum Gasteiger partial charge on any atom is -0.497 e. The number of ether oxygens (including phenoxy) is 3. The summed E-state index contributed by atoms with van der Waals surface area (Å²) in [6.07, 6.45) is 0.744. The summed E-state index contributed by atoms with van der Waals surface area (Å²) in [7, 11) is 4.76. The van der Waals surface area contributed by atoms with Gasteiger partial charge in [-0.3, -0.25) is 4.99 Å². The fraction of sp³-hybridized carbons (Fsp3) is 0.381. The van der Waals surface area contributed by atoms with E-state index in [1.165, 1.54) is 13.2 Å². The smallest absolute Gasteiger partial charge is 0.387 e. The molecule has 0 aromatic heterocycles. The van der Waals surface area contributed by atoms with Gasteiger partial charge in [-0.05, 0) is 37.1 Å². The minimum atomic E-state index is -2.91. The molecule has 9 heteroatoms. The number of guanidine groups is 1. The number of nitrogens with zero attached hydrogens (tertiary/aromatic N) is 1. The van der Waals surface area contributed by atoms with Gasteiger partial charge in [0.2, 0.25) is 0 Å². The third-order valence-electron chi connectivity index (χ3n) is 4.28. The van der Waals surface area contributed by atoms with Crippen LogP contribution in [0.2, 0.25) is 0 Å². The van der Waals surface area contributed by atoms with Crippen LogP contribution in [0.25, 0.3) is 0 Å². The molecule has 0 bridgehead atoms. The standard InChI is InChI=1S/C21H27F2N3O3.HI/c1-14-5-8-18(28-4)15(11-14)9-10-25-21(24-2)26-13-16-6-7-17(27-3)12-19(16)29-20(22)23;/h5-8,11-12,20H,9-10,13H2,1-4H3,(H2,24,25,26);1H. The van der Waals surface area contributed by atoms with Gasteiger partial charge < -0.3 is 24.8 Å². The largest absolute Gasteiger partial charge is 0.497 e. The predicted molar refractivity (Wildman–Crippen MR) is 125 cm³/mol. The summed E-state index contributed by atoms with van der Waals surface area (Å²) < 4.78 is 40.4. The normalized spacial score (nSPS) is 11.0. The average Bonchev–Trinajstić information content (AvgIpc) is 2.70. The zero-order valence-corrected chi connectivity index (χ0v) is 19.8. The van der Waals surface area contributed by atoms with Gasteiger partial charge in [0.25, 0.3) is 0 Å². The van der Waals surface area contributed by atoms with E-state index in [1.807, 2.05) is 19.1 Å². The summed E-state index contributed by atoms with van der Waals surface area (Å²) in [6.45, 7) is 0.00910. The fourth-order valence-corrected chi connectivity index (χ4v) is 2.83. The van der Waals surface area contributed by atoms with Gasteiger partial charge in [0.15, 0.2) is 5.96 Å². The maximum absolute atomic E-state index is 12.7. The van der Waals surface area contributed by atoms with Crippen molar-refractivity contribution >= 4 is 29.9 Å². The van der Waals surface area contributed by atoms with Crippen LogP contribution >= 0.6 is 24.0 Å². The SMILES string of the molecule is CN=C(NCCc1cc(C)ccc1OC)NCc1ccc(OC)cc1OC(F)F.I. The van der Waals surface area contributed by atoms with Gasteiger partial charge >= 0.3 is 6.61 Å². The molecule has 166 valence electrons. The van der Waals surface area contributed by atoms with Crippen molar-refractivity contribution in [1.82, 2.24) is 10.6 Å². The topological polar surface area (TPSA) is 64.1 Å². The van der Waals surface area contributed by atoms with Crippen LogP contribution in [0.5, 0.6) is 17.2 Å². The van der Waals surface area contributed by atoms with E-state index in [0.717, 1.165) is 23.3 Å². The monoisotopic (exact) mass is 535 g/mol. The summed E-state index contributed by atoms with van der Waals surface area (Å²) in [5.74, 6) is 1.90. The number of halogens is 3. The molecule has 0 atom stereocenters. The van der Waals surface area contributed by atoms with E-state index in [9.17, 15) is 8.78 Å². The number of rotatable bonds is 9. The van der Waals surface area contributed by atoms with Gasteiger partial charge in [0, 0.05) is 31.8 Å². The third-order valence-corrected chi connectivity index (χ3v) is 4.28. The van der Waals surface area contributed by atoms with E-state index >= 15 is 0 Å². The van der Waals surface area contributed by atoms with Gasteiger partial charge in [0.05, 0.1) is 14.2 Å². The zero-order chi connectivity index (χ0) is 21.2. The Morgan fingerprint density at radius 2 is 1.77 bits per heavy atom. The summed E-state index contributed by atoms with van der Waals surface area (Å²) in [6, 6.07) is 10.8. The molecule has 0 radical (unpaired) electrons. The number of aliphatic imine (C=N–C) groups is 1. The molecule has 0 amide bonds. The highest BCUT2D eigenvalue weighted by molar-refractivity contribution is 14.0. The van der Waals surface area contributed by atoms with Gasteiger partial charge in [-0.2, -0.15) is 8.78 Å². The first kappa shape index (κ1) is 25.7. The molecule has 0 aliphatic carbocycles. The Balaban J connectivity index is 0.00000450. The lowest BCUT2D eigenvalue weighted by Crippen LogP contribution is -2.38. The highest BCUT2D eigenvalue weighted by Crippen LogP contribution is 2.26. The van der Waals surface area contributed by atoms with Crippen LogP contribution in [0.1, 0.15) is 16.7 Å². The van der Waals surface area contributed by atoms with Crippen LogP contribution in [0.15, 0.2) is 41.4 Å². The second-order valence-electron chi connectivity index (χ2n) is 6.27. The first-order chi connectivity index (χ1) is 14.0. The molecule has 2 aromatic carbocycles. The van der Waals surface area contributed by atoms with E-state index in [4.69, 9.17) is 9.47 Å². The Morgan fingerprint density at radius 3 is 2.40 bits per heavy atom. The molecule has 0 aliphatic rings. The van der Waals surface area contributed by atoms with Crippen molar-refractivity contribution in [3.63, 3.8) is 0 Å². The summed E-state index contributed by atoms with van der Waals surface area (Å²) in [5, 5.41) is 6.32. The van der Waals surface area contributed by atoms with E-state index in [-0.39, 0.29) is 36.3 Å². The van der Waals surface area contributed by atoms with Crippen LogP contribution in [-0.4, -0.2) is 40.4 Å². The van der Waals surface area contributed by atoms with Crippen LogP contribution in [-0.2, 0) is 13.0 Å². The van der Waals surface area contributed by atoms with Crippen molar-refractivity contribution in [3.8, 4) is 17.2 Å². The highest BCUT2D eigenvalue weighted by Gasteiger charge is 2.12. The quantitative estimate of drug-likeness (QED) is 0.287. The van der Waals surface area contributed by atoms with Crippen LogP contribution < -0.4 is 24.8 Å². The maximum atomic E-state index is 12.7.